The van der Waals surface area contributed by atoms with Crippen molar-refractivity contribution in [3.8, 4) is 0 Å². The minimum absolute atomic E-state index is 0.285. The number of fused-ring (bicyclic) bond motifs is 6. The predicted octanol–water partition coefficient (Wildman–Crippen LogP) is 3.53. The molecule has 2 bridgehead atoms. The number of hydrogen-bond acceptors (Lipinski definition) is 5. The van der Waals surface area contributed by atoms with E-state index in [4.69, 9.17) is 0 Å². The van der Waals surface area contributed by atoms with E-state index in [9.17, 15) is 4.79 Å². The fourth-order valence-corrected chi connectivity index (χ4v) is 9.81. The van der Waals surface area contributed by atoms with Crippen molar-refractivity contribution in [1.82, 2.24) is 0 Å². The van der Waals surface area contributed by atoms with Crippen molar-refractivity contribution in [3.05, 3.63) is 8.85 Å². The standard InChI is InChI=1S/C10H10OS4/c11-10-14-8-9(15-10)13-7-5-2-1-4(3-5)6(7)12-8/h4-7H,1-3H2. The average Bonchev–Trinajstić information content (AvgIpc) is 2.85. The molecule has 0 aromatic carbocycles. The van der Waals surface area contributed by atoms with Gasteiger partial charge in [-0.15, -0.1) is 23.5 Å². The van der Waals surface area contributed by atoms with Crippen molar-refractivity contribution in [2.75, 3.05) is 0 Å². The molecule has 4 rings (SSSR count). The normalized spacial score (nSPS) is 41.6. The van der Waals surface area contributed by atoms with Crippen molar-refractivity contribution in [1.29, 1.82) is 0 Å². The van der Waals surface area contributed by atoms with Crippen LogP contribution in [-0.4, -0.2) is 10.5 Å². The lowest BCUT2D eigenvalue weighted by atomic mass is 10.00. The summed E-state index contributed by atoms with van der Waals surface area (Å²) < 4.78 is 2.93. The minimum Gasteiger partial charge on any atom is -0.265 e. The Balaban J connectivity index is 1.77. The molecular weight excluding hydrogens is 264 g/mol. The first-order chi connectivity index (χ1) is 7.31. The van der Waals surface area contributed by atoms with Crippen LogP contribution in [-0.2, 0) is 0 Å². The van der Waals surface area contributed by atoms with Gasteiger partial charge in [0.05, 0.1) is 8.42 Å². The lowest BCUT2D eigenvalue weighted by molar-refractivity contribution is 0.502. The summed E-state index contributed by atoms with van der Waals surface area (Å²) in [6, 6.07) is 0. The number of thioether (sulfide) groups is 2. The van der Waals surface area contributed by atoms with Crippen LogP contribution in [0.2, 0.25) is 0 Å². The molecule has 2 aliphatic carbocycles. The lowest BCUT2D eigenvalue weighted by Gasteiger charge is -2.32. The molecule has 3 aliphatic rings. The summed E-state index contributed by atoms with van der Waals surface area (Å²) in [6.45, 7) is 0. The van der Waals surface area contributed by atoms with Crippen LogP contribution in [0.25, 0.3) is 0 Å². The zero-order valence-electron chi connectivity index (χ0n) is 7.97. The van der Waals surface area contributed by atoms with E-state index in [0.29, 0.717) is 0 Å². The van der Waals surface area contributed by atoms with Crippen molar-refractivity contribution < 1.29 is 0 Å². The van der Waals surface area contributed by atoms with E-state index < -0.39 is 0 Å². The van der Waals surface area contributed by atoms with Crippen LogP contribution in [0.15, 0.2) is 13.2 Å². The molecule has 0 spiro atoms. The molecule has 4 atom stereocenters. The fraction of sp³-hybridized carbons (Fsp3) is 0.700. The van der Waals surface area contributed by atoms with Crippen molar-refractivity contribution in [2.45, 2.75) is 38.2 Å². The maximum absolute atomic E-state index is 11.4. The van der Waals surface area contributed by atoms with Gasteiger partial charge in [-0.3, -0.25) is 4.79 Å². The van der Waals surface area contributed by atoms with Gasteiger partial charge in [-0.25, -0.2) is 0 Å². The Labute approximate surface area is 105 Å². The number of hydrogen-bond donors (Lipinski definition) is 0. The Morgan fingerprint density at radius 2 is 1.47 bits per heavy atom. The van der Waals surface area contributed by atoms with Crippen LogP contribution >= 0.6 is 46.2 Å². The maximum atomic E-state index is 11.4. The van der Waals surface area contributed by atoms with E-state index in [2.05, 4.69) is 0 Å². The second-order valence-electron chi connectivity index (χ2n) is 4.53. The van der Waals surface area contributed by atoms with Gasteiger partial charge < -0.3 is 0 Å². The predicted molar refractivity (Wildman–Crippen MR) is 68.6 cm³/mol. The zero-order valence-corrected chi connectivity index (χ0v) is 11.2. The largest absolute Gasteiger partial charge is 0.289 e. The Kier molecular flexibility index (Phi) is 2.09. The van der Waals surface area contributed by atoms with E-state index in [-0.39, 0.29) is 4.06 Å². The van der Waals surface area contributed by atoms with E-state index in [1.54, 1.807) is 0 Å². The first-order valence-corrected chi connectivity index (χ1v) is 8.68. The fourth-order valence-electron chi connectivity index (χ4n) is 3.16. The Morgan fingerprint density at radius 3 is 2.00 bits per heavy atom. The summed E-state index contributed by atoms with van der Waals surface area (Å²) in [7, 11) is 0. The van der Waals surface area contributed by atoms with E-state index >= 15 is 0 Å². The van der Waals surface area contributed by atoms with E-state index in [1.165, 1.54) is 50.4 Å². The van der Waals surface area contributed by atoms with Gasteiger partial charge in [-0.1, -0.05) is 22.7 Å². The van der Waals surface area contributed by atoms with Gasteiger partial charge in [0, 0.05) is 10.5 Å². The molecule has 2 heterocycles. The molecule has 4 unspecified atom stereocenters. The number of rotatable bonds is 0. The van der Waals surface area contributed by atoms with Crippen LogP contribution < -0.4 is 4.06 Å². The molecule has 0 N–H and O–H groups in total. The first-order valence-electron chi connectivity index (χ1n) is 5.28. The highest BCUT2D eigenvalue weighted by molar-refractivity contribution is 8.09. The van der Waals surface area contributed by atoms with E-state index in [0.717, 1.165) is 22.3 Å². The first kappa shape index (κ1) is 9.57. The highest BCUT2D eigenvalue weighted by Gasteiger charge is 2.51. The third-order valence-electron chi connectivity index (χ3n) is 3.77. The van der Waals surface area contributed by atoms with E-state index in [1.807, 2.05) is 23.5 Å². The zero-order chi connectivity index (χ0) is 9.99. The van der Waals surface area contributed by atoms with Crippen LogP contribution in [0.3, 0.4) is 0 Å². The van der Waals surface area contributed by atoms with Gasteiger partial charge in [0.2, 0.25) is 0 Å². The van der Waals surface area contributed by atoms with Gasteiger partial charge in [-0.05, 0) is 31.1 Å². The average molecular weight is 274 g/mol. The van der Waals surface area contributed by atoms with Crippen LogP contribution in [0.5, 0.6) is 0 Å². The van der Waals surface area contributed by atoms with Crippen molar-refractivity contribution >= 4 is 46.2 Å². The maximum Gasteiger partial charge on any atom is 0.289 e. The van der Waals surface area contributed by atoms with Crippen LogP contribution in [0.1, 0.15) is 19.3 Å². The van der Waals surface area contributed by atoms with Gasteiger partial charge in [-0.2, -0.15) is 0 Å². The monoisotopic (exact) mass is 274 g/mol. The molecular formula is C10H10OS4. The quantitative estimate of drug-likeness (QED) is 0.720. The summed E-state index contributed by atoms with van der Waals surface area (Å²) in [5, 5.41) is 1.65. The second-order valence-corrected chi connectivity index (χ2v) is 9.65. The molecule has 15 heavy (non-hydrogen) atoms. The van der Waals surface area contributed by atoms with Gasteiger partial charge in [0.15, 0.2) is 0 Å². The third-order valence-corrected chi connectivity index (χ3v) is 9.89. The SMILES string of the molecule is O=c1sc2c(s1)SC1C3CCC(C3)C1S2. The molecule has 1 aromatic heterocycles. The highest BCUT2D eigenvalue weighted by atomic mass is 32.2. The van der Waals surface area contributed by atoms with Crippen molar-refractivity contribution in [2.24, 2.45) is 11.8 Å². The summed E-state index contributed by atoms with van der Waals surface area (Å²) in [5.41, 5.74) is 0. The molecule has 0 saturated heterocycles. The van der Waals surface area contributed by atoms with Gasteiger partial charge in [0.1, 0.15) is 0 Å². The molecule has 5 heteroatoms. The van der Waals surface area contributed by atoms with Gasteiger partial charge >= 0.3 is 0 Å². The second kappa shape index (κ2) is 3.28. The topological polar surface area (TPSA) is 17.1 Å². The molecule has 1 aromatic rings. The molecule has 80 valence electrons. The summed E-state index contributed by atoms with van der Waals surface area (Å²) >= 11 is 6.98. The highest BCUT2D eigenvalue weighted by Crippen LogP contribution is 2.61. The summed E-state index contributed by atoms with van der Waals surface area (Å²) in [6.07, 6.45) is 4.33. The van der Waals surface area contributed by atoms with Crippen LogP contribution in [0.4, 0.5) is 0 Å². The summed E-state index contributed by atoms with van der Waals surface area (Å²) in [4.78, 5) is 11.4. The molecule has 2 saturated carbocycles. The Morgan fingerprint density at radius 1 is 0.933 bits per heavy atom. The molecule has 2 fully saturated rings. The summed E-state index contributed by atoms with van der Waals surface area (Å²) in [5.74, 6) is 1.90. The molecule has 1 nitrogen and oxygen atoms in total. The molecule has 0 radical (unpaired) electrons. The molecule has 1 aliphatic heterocycles. The Bertz CT molecular complexity index is 424. The van der Waals surface area contributed by atoms with Gasteiger partial charge in [0.25, 0.3) is 4.06 Å². The minimum atomic E-state index is 0.285. The molecule has 0 amide bonds. The Hall–Kier alpha value is 0.550. The smallest absolute Gasteiger partial charge is 0.265 e. The van der Waals surface area contributed by atoms with Crippen molar-refractivity contribution in [3.63, 3.8) is 0 Å². The lowest BCUT2D eigenvalue weighted by Crippen LogP contribution is -2.28. The van der Waals surface area contributed by atoms with Crippen LogP contribution in [0, 0.1) is 11.8 Å². The third kappa shape index (κ3) is 1.33.